The van der Waals surface area contributed by atoms with Crippen LogP contribution in [-0.2, 0) is 9.53 Å². The number of rotatable bonds is 5. The molecule has 1 aliphatic heterocycles. The minimum absolute atomic E-state index is 0.0515. The van der Waals surface area contributed by atoms with E-state index >= 15 is 0 Å². The molecular formula is C11H19NO2. The van der Waals surface area contributed by atoms with Crippen molar-refractivity contribution < 1.29 is 9.53 Å². The lowest BCUT2D eigenvalue weighted by atomic mass is 9.96. The van der Waals surface area contributed by atoms with Gasteiger partial charge in [-0.15, -0.1) is 0 Å². The summed E-state index contributed by atoms with van der Waals surface area (Å²) in [6, 6.07) is 0. The van der Waals surface area contributed by atoms with E-state index in [4.69, 9.17) is 10.5 Å². The zero-order valence-electron chi connectivity index (χ0n) is 8.79. The monoisotopic (exact) mass is 197 g/mol. The van der Waals surface area contributed by atoms with Crippen molar-refractivity contribution in [2.24, 2.45) is 11.7 Å². The van der Waals surface area contributed by atoms with Gasteiger partial charge in [-0.3, -0.25) is 4.79 Å². The Labute approximate surface area is 85.3 Å². The summed E-state index contributed by atoms with van der Waals surface area (Å²) in [5.74, 6) is 0.582. The number of ketones is 1. The quantitative estimate of drug-likeness (QED) is 0.728. The van der Waals surface area contributed by atoms with E-state index in [9.17, 15) is 4.79 Å². The summed E-state index contributed by atoms with van der Waals surface area (Å²) in [5, 5.41) is 0. The maximum absolute atomic E-state index is 11.8. The first kappa shape index (κ1) is 11.2. The summed E-state index contributed by atoms with van der Waals surface area (Å²) in [7, 11) is 0. The minimum Gasteiger partial charge on any atom is -0.490 e. The number of ether oxygens (including phenoxy) is 1. The molecule has 0 amide bonds. The zero-order chi connectivity index (χ0) is 10.4. The Morgan fingerprint density at radius 1 is 1.71 bits per heavy atom. The summed E-state index contributed by atoms with van der Waals surface area (Å²) in [4.78, 5) is 11.8. The Kier molecular flexibility index (Phi) is 4.66. The SMILES string of the molecule is CCCC(CN)C(=O)C1=CCCCO1. The molecule has 0 aromatic carbocycles. The van der Waals surface area contributed by atoms with Crippen molar-refractivity contribution in [2.45, 2.75) is 32.6 Å². The minimum atomic E-state index is -0.0515. The van der Waals surface area contributed by atoms with E-state index in [1.807, 2.05) is 6.08 Å². The van der Waals surface area contributed by atoms with Gasteiger partial charge in [0.2, 0.25) is 5.78 Å². The standard InChI is InChI=1S/C11H19NO2/c1-2-5-9(8-12)11(13)10-6-3-4-7-14-10/h6,9H,2-5,7-8,12H2,1H3. The van der Waals surface area contributed by atoms with E-state index < -0.39 is 0 Å². The van der Waals surface area contributed by atoms with Gasteiger partial charge in [-0.1, -0.05) is 13.3 Å². The second kappa shape index (κ2) is 5.81. The topological polar surface area (TPSA) is 52.3 Å². The molecule has 2 N–H and O–H groups in total. The predicted molar refractivity (Wildman–Crippen MR) is 55.7 cm³/mol. The molecule has 1 unspecified atom stereocenters. The zero-order valence-corrected chi connectivity index (χ0v) is 8.79. The Morgan fingerprint density at radius 2 is 2.50 bits per heavy atom. The second-order valence-corrected chi connectivity index (χ2v) is 3.64. The molecule has 0 saturated heterocycles. The van der Waals surface area contributed by atoms with Crippen molar-refractivity contribution >= 4 is 5.78 Å². The van der Waals surface area contributed by atoms with E-state index in [-0.39, 0.29) is 11.7 Å². The molecule has 0 radical (unpaired) electrons. The highest BCUT2D eigenvalue weighted by Crippen LogP contribution is 2.17. The van der Waals surface area contributed by atoms with Gasteiger partial charge in [0.25, 0.3) is 0 Å². The van der Waals surface area contributed by atoms with Crippen molar-refractivity contribution in [3.05, 3.63) is 11.8 Å². The van der Waals surface area contributed by atoms with Crippen LogP contribution < -0.4 is 5.73 Å². The fraction of sp³-hybridized carbons (Fsp3) is 0.727. The van der Waals surface area contributed by atoms with Gasteiger partial charge in [-0.2, -0.15) is 0 Å². The molecule has 0 aromatic rings. The van der Waals surface area contributed by atoms with E-state index in [0.29, 0.717) is 18.9 Å². The third-order valence-electron chi connectivity index (χ3n) is 2.47. The highest BCUT2D eigenvalue weighted by atomic mass is 16.5. The molecule has 3 heteroatoms. The predicted octanol–water partition coefficient (Wildman–Crippen LogP) is 1.62. The summed E-state index contributed by atoms with van der Waals surface area (Å²) >= 11 is 0. The lowest BCUT2D eigenvalue weighted by molar-refractivity contribution is -0.122. The number of hydrogen-bond donors (Lipinski definition) is 1. The van der Waals surface area contributed by atoms with E-state index in [2.05, 4.69) is 6.92 Å². The Hall–Kier alpha value is -0.830. The highest BCUT2D eigenvalue weighted by molar-refractivity contribution is 5.95. The van der Waals surface area contributed by atoms with Crippen molar-refractivity contribution in [3.63, 3.8) is 0 Å². The van der Waals surface area contributed by atoms with Crippen LogP contribution in [-0.4, -0.2) is 18.9 Å². The number of hydrogen-bond acceptors (Lipinski definition) is 3. The van der Waals surface area contributed by atoms with Crippen LogP contribution in [0.15, 0.2) is 11.8 Å². The molecule has 1 heterocycles. The fourth-order valence-corrected chi connectivity index (χ4v) is 1.63. The Bertz CT molecular complexity index is 223. The van der Waals surface area contributed by atoms with Crippen LogP contribution in [0.1, 0.15) is 32.6 Å². The van der Waals surface area contributed by atoms with Gasteiger partial charge in [0, 0.05) is 12.5 Å². The maximum atomic E-state index is 11.8. The van der Waals surface area contributed by atoms with Crippen molar-refractivity contribution in [1.29, 1.82) is 0 Å². The average Bonchev–Trinajstić information content (AvgIpc) is 2.26. The van der Waals surface area contributed by atoms with E-state index in [1.54, 1.807) is 0 Å². The van der Waals surface area contributed by atoms with Crippen molar-refractivity contribution in [2.75, 3.05) is 13.2 Å². The van der Waals surface area contributed by atoms with Crippen LogP contribution >= 0.6 is 0 Å². The Balaban J connectivity index is 2.56. The largest absolute Gasteiger partial charge is 0.490 e. The normalized spacial score (nSPS) is 18.3. The van der Waals surface area contributed by atoms with Crippen LogP contribution in [0, 0.1) is 5.92 Å². The van der Waals surface area contributed by atoms with E-state index in [1.165, 1.54) is 0 Å². The average molecular weight is 197 g/mol. The number of carbonyl (C=O) groups is 1. The summed E-state index contributed by atoms with van der Waals surface area (Å²) in [6.07, 6.45) is 5.70. The first-order valence-corrected chi connectivity index (χ1v) is 5.36. The molecule has 1 rings (SSSR count). The second-order valence-electron chi connectivity index (χ2n) is 3.64. The first-order valence-electron chi connectivity index (χ1n) is 5.36. The van der Waals surface area contributed by atoms with Crippen LogP contribution in [0.4, 0.5) is 0 Å². The van der Waals surface area contributed by atoms with Crippen molar-refractivity contribution in [3.8, 4) is 0 Å². The van der Waals surface area contributed by atoms with Crippen LogP contribution in [0.5, 0.6) is 0 Å². The third-order valence-corrected chi connectivity index (χ3v) is 2.47. The summed E-state index contributed by atoms with van der Waals surface area (Å²) in [6.45, 7) is 3.15. The van der Waals surface area contributed by atoms with Crippen molar-refractivity contribution in [1.82, 2.24) is 0 Å². The fourth-order valence-electron chi connectivity index (χ4n) is 1.63. The van der Waals surface area contributed by atoms with Gasteiger partial charge < -0.3 is 10.5 Å². The molecule has 3 nitrogen and oxygen atoms in total. The van der Waals surface area contributed by atoms with Gasteiger partial charge in [-0.25, -0.2) is 0 Å². The lowest BCUT2D eigenvalue weighted by Crippen LogP contribution is -2.26. The Morgan fingerprint density at radius 3 is 3.00 bits per heavy atom. The molecule has 14 heavy (non-hydrogen) atoms. The highest BCUT2D eigenvalue weighted by Gasteiger charge is 2.22. The third kappa shape index (κ3) is 2.84. The summed E-state index contributed by atoms with van der Waals surface area (Å²) < 4.78 is 5.32. The van der Waals surface area contributed by atoms with Gasteiger partial charge in [0.05, 0.1) is 6.61 Å². The van der Waals surface area contributed by atoms with Gasteiger partial charge in [0.1, 0.15) is 0 Å². The number of Topliss-reactive ketones (excluding diaryl/α,β-unsaturated/α-hetero) is 1. The molecule has 0 spiro atoms. The molecular weight excluding hydrogens is 178 g/mol. The van der Waals surface area contributed by atoms with Gasteiger partial charge in [0.15, 0.2) is 5.76 Å². The molecule has 1 atom stereocenters. The maximum Gasteiger partial charge on any atom is 0.201 e. The molecule has 0 fully saturated rings. The van der Waals surface area contributed by atoms with Crippen LogP contribution in [0.2, 0.25) is 0 Å². The van der Waals surface area contributed by atoms with Crippen LogP contribution in [0.3, 0.4) is 0 Å². The molecule has 0 aromatic heterocycles. The number of carbonyl (C=O) groups excluding carboxylic acids is 1. The molecule has 0 saturated carbocycles. The van der Waals surface area contributed by atoms with Gasteiger partial charge >= 0.3 is 0 Å². The lowest BCUT2D eigenvalue weighted by Gasteiger charge is -2.18. The number of nitrogens with two attached hydrogens (primary N) is 1. The van der Waals surface area contributed by atoms with Gasteiger partial charge in [-0.05, 0) is 25.3 Å². The molecule has 1 aliphatic rings. The molecule has 80 valence electrons. The van der Waals surface area contributed by atoms with Crippen LogP contribution in [0.25, 0.3) is 0 Å². The number of allylic oxidation sites excluding steroid dienone is 2. The first-order chi connectivity index (χ1) is 6.79. The summed E-state index contributed by atoms with van der Waals surface area (Å²) in [5.41, 5.74) is 5.56. The smallest absolute Gasteiger partial charge is 0.201 e. The molecule has 0 bridgehead atoms. The molecule has 0 aliphatic carbocycles. The van der Waals surface area contributed by atoms with E-state index in [0.717, 1.165) is 25.7 Å².